The van der Waals surface area contributed by atoms with E-state index in [9.17, 15) is 30.9 Å². The van der Waals surface area contributed by atoms with Crippen molar-refractivity contribution in [3.05, 3.63) is 0 Å². The lowest BCUT2D eigenvalue weighted by Crippen LogP contribution is -2.41. The molecule has 96 valence electrons. The van der Waals surface area contributed by atoms with Crippen LogP contribution in [0.25, 0.3) is 0 Å². The third-order valence-corrected chi connectivity index (χ3v) is 2.47. The quantitative estimate of drug-likeness (QED) is 0.523. The van der Waals surface area contributed by atoms with Gasteiger partial charge < -0.3 is 9.29 Å². The zero-order valence-corrected chi connectivity index (χ0v) is 9.10. The van der Waals surface area contributed by atoms with Crippen LogP contribution in [-0.2, 0) is 19.6 Å². The summed E-state index contributed by atoms with van der Waals surface area (Å²) >= 11 is 0. The standard InChI is InChI=1S/C7H11F3O5S/c1-2-3-6(11)15-4-5(8)7(9,10)16(12,13)14/h5H,2-4H2,1H3,(H,12,13,14)/p-1. The lowest BCUT2D eigenvalue weighted by Gasteiger charge is -2.22. The predicted molar refractivity (Wildman–Crippen MR) is 45.4 cm³/mol. The average molecular weight is 263 g/mol. The Bertz CT molecular complexity index is 340. The van der Waals surface area contributed by atoms with E-state index in [2.05, 4.69) is 4.74 Å². The molecular formula is C7H10F3O5S-. The van der Waals surface area contributed by atoms with E-state index in [0.717, 1.165) is 0 Å². The fourth-order valence-electron chi connectivity index (χ4n) is 0.696. The summed E-state index contributed by atoms with van der Waals surface area (Å²) in [5.41, 5.74) is 0. The molecule has 0 aromatic heterocycles. The first kappa shape index (κ1) is 15.2. The molecule has 0 saturated heterocycles. The number of alkyl halides is 3. The lowest BCUT2D eigenvalue weighted by atomic mass is 10.3. The molecule has 0 aliphatic carbocycles. The molecule has 9 heteroatoms. The van der Waals surface area contributed by atoms with Crippen LogP contribution in [0.3, 0.4) is 0 Å². The largest absolute Gasteiger partial charge is 0.743 e. The van der Waals surface area contributed by atoms with Crippen molar-refractivity contribution in [1.29, 1.82) is 0 Å². The van der Waals surface area contributed by atoms with Crippen LogP contribution in [0.5, 0.6) is 0 Å². The van der Waals surface area contributed by atoms with Gasteiger partial charge in [0, 0.05) is 6.42 Å². The van der Waals surface area contributed by atoms with Gasteiger partial charge in [0.1, 0.15) is 6.61 Å². The molecule has 0 rings (SSSR count). The highest BCUT2D eigenvalue weighted by molar-refractivity contribution is 7.86. The minimum absolute atomic E-state index is 0.109. The Labute approximate surface area is 90.3 Å². The third-order valence-electron chi connectivity index (χ3n) is 1.54. The predicted octanol–water partition coefficient (Wildman–Crippen LogP) is 0.806. The number of ether oxygens (including phenoxy) is 1. The number of carbonyl (C=O) groups is 1. The summed E-state index contributed by atoms with van der Waals surface area (Å²) in [5, 5.41) is -5.10. The van der Waals surface area contributed by atoms with Crippen LogP contribution in [0.15, 0.2) is 0 Å². The summed E-state index contributed by atoms with van der Waals surface area (Å²) in [6.45, 7) is 0.137. The molecule has 0 aromatic rings. The summed E-state index contributed by atoms with van der Waals surface area (Å²) in [6.07, 6.45) is -3.11. The molecule has 0 aromatic carbocycles. The van der Waals surface area contributed by atoms with Crippen molar-refractivity contribution >= 4 is 16.1 Å². The van der Waals surface area contributed by atoms with E-state index < -0.39 is 34.1 Å². The Morgan fingerprint density at radius 2 is 2.00 bits per heavy atom. The van der Waals surface area contributed by atoms with Gasteiger partial charge in [0.25, 0.3) is 0 Å². The van der Waals surface area contributed by atoms with E-state index in [-0.39, 0.29) is 6.42 Å². The monoisotopic (exact) mass is 263 g/mol. The molecule has 0 saturated carbocycles. The minimum atomic E-state index is -6.11. The van der Waals surface area contributed by atoms with Crippen molar-refractivity contribution in [2.24, 2.45) is 0 Å². The first-order chi connectivity index (χ1) is 7.13. The van der Waals surface area contributed by atoms with Gasteiger partial charge in [0.2, 0.25) is 6.17 Å². The highest BCUT2D eigenvalue weighted by Gasteiger charge is 2.48. The Balaban J connectivity index is 4.37. The van der Waals surface area contributed by atoms with E-state index in [4.69, 9.17) is 0 Å². The van der Waals surface area contributed by atoms with Crippen LogP contribution in [0, 0.1) is 0 Å². The highest BCUT2D eigenvalue weighted by Crippen LogP contribution is 2.27. The zero-order valence-electron chi connectivity index (χ0n) is 8.28. The zero-order chi connectivity index (χ0) is 13.0. The third kappa shape index (κ3) is 3.97. The minimum Gasteiger partial charge on any atom is -0.743 e. The van der Waals surface area contributed by atoms with Crippen LogP contribution in [0.4, 0.5) is 13.2 Å². The molecule has 0 bridgehead atoms. The molecule has 0 N–H and O–H groups in total. The van der Waals surface area contributed by atoms with E-state index in [1.165, 1.54) is 0 Å². The SMILES string of the molecule is CCCC(=O)OCC(F)C(F)(F)S(=O)(=O)[O-]. The first-order valence-corrected chi connectivity index (χ1v) is 5.66. The fraction of sp³-hybridized carbons (Fsp3) is 0.857. The molecule has 5 nitrogen and oxygen atoms in total. The molecule has 0 spiro atoms. The first-order valence-electron chi connectivity index (χ1n) is 4.25. The van der Waals surface area contributed by atoms with Crippen molar-refractivity contribution < 1.29 is 35.7 Å². The average Bonchev–Trinajstić information content (AvgIpc) is 2.12. The van der Waals surface area contributed by atoms with E-state index in [1.807, 2.05) is 0 Å². The molecule has 0 radical (unpaired) electrons. The summed E-state index contributed by atoms with van der Waals surface area (Å²) in [4.78, 5) is 10.7. The van der Waals surface area contributed by atoms with Crippen molar-refractivity contribution in [2.75, 3.05) is 6.61 Å². The lowest BCUT2D eigenvalue weighted by molar-refractivity contribution is -0.148. The Kier molecular flexibility index (Phi) is 5.20. The second-order valence-corrected chi connectivity index (χ2v) is 4.37. The van der Waals surface area contributed by atoms with Crippen molar-refractivity contribution in [2.45, 2.75) is 31.2 Å². The highest BCUT2D eigenvalue weighted by atomic mass is 32.2. The number of carbonyl (C=O) groups excluding carboxylic acids is 1. The van der Waals surface area contributed by atoms with Crippen LogP contribution in [0.1, 0.15) is 19.8 Å². The van der Waals surface area contributed by atoms with E-state index >= 15 is 0 Å². The molecule has 0 aliphatic rings. The molecule has 1 unspecified atom stereocenters. The van der Waals surface area contributed by atoms with Gasteiger partial charge in [-0.2, -0.15) is 8.78 Å². The maximum absolute atomic E-state index is 12.7. The smallest absolute Gasteiger partial charge is 0.368 e. The topological polar surface area (TPSA) is 83.5 Å². The van der Waals surface area contributed by atoms with E-state index in [1.54, 1.807) is 6.92 Å². The van der Waals surface area contributed by atoms with Gasteiger partial charge in [0.05, 0.1) is 0 Å². The van der Waals surface area contributed by atoms with E-state index in [0.29, 0.717) is 6.42 Å². The molecule has 0 heterocycles. The van der Waals surface area contributed by atoms with Crippen LogP contribution in [0.2, 0.25) is 0 Å². The maximum atomic E-state index is 12.7. The molecule has 0 fully saturated rings. The number of hydrogen-bond donors (Lipinski definition) is 0. The number of esters is 1. The van der Waals surface area contributed by atoms with Gasteiger partial charge in [-0.05, 0) is 6.42 Å². The number of rotatable bonds is 6. The maximum Gasteiger partial charge on any atom is 0.368 e. The second kappa shape index (κ2) is 5.48. The summed E-state index contributed by atoms with van der Waals surface area (Å²) in [6, 6.07) is 0. The second-order valence-electron chi connectivity index (χ2n) is 2.92. The molecule has 1 atom stereocenters. The fourth-order valence-corrected chi connectivity index (χ4v) is 1.08. The molecule has 0 amide bonds. The molecular weight excluding hydrogens is 253 g/mol. The Morgan fingerprint density at radius 3 is 2.38 bits per heavy atom. The van der Waals surface area contributed by atoms with Gasteiger partial charge in [-0.15, -0.1) is 0 Å². The normalized spacial score (nSPS) is 14.6. The Hall–Kier alpha value is -0.830. The van der Waals surface area contributed by atoms with Crippen LogP contribution in [-0.4, -0.2) is 37.0 Å². The van der Waals surface area contributed by atoms with Crippen molar-refractivity contribution in [3.8, 4) is 0 Å². The van der Waals surface area contributed by atoms with Gasteiger partial charge >= 0.3 is 11.2 Å². The summed E-state index contributed by atoms with van der Waals surface area (Å²) in [7, 11) is -6.11. The number of halogens is 3. The van der Waals surface area contributed by atoms with Gasteiger partial charge in [0.15, 0.2) is 10.1 Å². The molecule has 0 aliphatic heterocycles. The summed E-state index contributed by atoms with van der Waals surface area (Å²) in [5.74, 6) is -0.941. The van der Waals surface area contributed by atoms with Gasteiger partial charge in [-0.3, -0.25) is 4.79 Å². The van der Waals surface area contributed by atoms with Crippen LogP contribution < -0.4 is 0 Å². The van der Waals surface area contributed by atoms with Crippen molar-refractivity contribution in [3.63, 3.8) is 0 Å². The summed E-state index contributed by atoms with van der Waals surface area (Å²) < 4.78 is 71.6. The molecule has 16 heavy (non-hydrogen) atoms. The number of hydrogen-bond acceptors (Lipinski definition) is 5. The van der Waals surface area contributed by atoms with Gasteiger partial charge in [-0.1, -0.05) is 6.92 Å². The van der Waals surface area contributed by atoms with Crippen LogP contribution >= 0.6 is 0 Å². The van der Waals surface area contributed by atoms with Gasteiger partial charge in [-0.25, -0.2) is 12.8 Å². The Morgan fingerprint density at radius 1 is 1.50 bits per heavy atom. The van der Waals surface area contributed by atoms with Crippen molar-refractivity contribution in [1.82, 2.24) is 0 Å².